The Labute approximate surface area is 250 Å². The minimum atomic E-state index is -2.63. The van der Waals surface area contributed by atoms with Crippen LogP contribution in [0.2, 0.25) is 0 Å². The van der Waals surface area contributed by atoms with Gasteiger partial charge in [-0.05, 0) is 84.5 Å². The molecule has 2 aliphatic heterocycles. The number of aryl methyl sites for hydroxylation is 1. The maximum atomic E-state index is 6.66. The maximum Gasteiger partial charge on any atom is 0.174 e. The lowest BCUT2D eigenvalue weighted by Gasteiger charge is -2.34. The van der Waals surface area contributed by atoms with E-state index < -0.39 is 6.34 Å². The number of hydrogen-bond donors (Lipinski definition) is 1. The first kappa shape index (κ1) is 26.1. The lowest BCUT2D eigenvalue weighted by molar-refractivity contribution is 0.640. The number of allylic oxidation sites excluding steroid dienone is 2. The number of thiazole rings is 1. The van der Waals surface area contributed by atoms with Gasteiger partial charge in [0.15, 0.2) is 6.34 Å². The average Bonchev–Trinajstić information content (AvgIpc) is 3.59. The first-order chi connectivity index (χ1) is 19.8. The van der Waals surface area contributed by atoms with Crippen molar-refractivity contribution in [1.29, 1.82) is 0 Å². The zero-order valence-electron chi connectivity index (χ0n) is 23.4. The van der Waals surface area contributed by atoms with Crippen LogP contribution in [0, 0.1) is 6.92 Å². The Balaban J connectivity index is 1.30. The molecule has 0 saturated carbocycles. The van der Waals surface area contributed by atoms with Gasteiger partial charge < -0.3 is 9.99 Å². The molecule has 0 aliphatic carbocycles. The van der Waals surface area contributed by atoms with Crippen molar-refractivity contribution in [1.82, 2.24) is 4.98 Å². The van der Waals surface area contributed by atoms with Crippen molar-refractivity contribution in [3.8, 4) is 10.6 Å². The summed E-state index contributed by atoms with van der Waals surface area (Å²) in [6.45, 7) is 6.68. The molecule has 5 nitrogen and oxygen atoms in total. The van der Waals surface area contributed by atoms with Gasteiger partial charge in [0, 0.05) is 35.1 Å². The van der Waals surface area contributed by atoms with E-state index in [-0.39, 0.29) is 5.41 Å². The second-order valence-corrected chi connectivity index (χ2v) is 15.9. The molecule has 1 unspecified atom stereocenters. The summed E-state index contributed by atoms with van der Waals surface area (Å²) < 4.78 is 3.24. The molecule has 0 spiro atoms. The highest BCUT2D eigenvalue weighted by atomic mass is 32.4. The predicted octanol–water partition coefficient (Wildman–Crippen LogP) is 9.14. The predicted molar refractivity (Wildman–Crippen MR) is 180 cm³/mol. The van der Waals surface area contributed by atoms with Gasteiger partial charge in [-0.25, -0.2) is 9.76 Å². The third-order valence-corrected chi connectivity index (χ3v) is 12.7. The fraction of sp³-hybridized carbons (Fsp3) is 0.152. The lowest BCUT2D eigenvalue weighted by atomic mass is 9.84. The number of likely N-dealkylation sites (N-methyl/N-ethyl adjacent to an activating group) is 1. The van der Waals surface area contributed by atoms with E-state index in [1.54, 1.807) is 11.3 Å². The molecule has 1 aromatic heterocycles. The van der Waals surface area contributed by atoms with Crippen LogP contribution in [-0.4, -0.2) is 18.2 Å². The van der Waals surface area contributed by atoms with E-state index in [1.807, 2.05) is 29.2 Å². The third-order valence-electron chi connectivity index (χ3n) is 7.94. The number of nitrogens with zero attached hydrogens (tertiary/aromatic N) is 4. The van der Waals surface area contributed by atoms with Crippen LogP contribution in [0.4, 0.5) is 17.1 Å². The van der Waals surface area contributed by atoms with Gasteiger partial charge in [-0.15, -0.1) is 11.3 Å². The second kappa shape index (κ2) is 9.66. The molecule has 2 aliphatic rings. The molecule has 0 bridgehead atoms. The van der Waals surface area contributed by atoms with Crippen molar-refractivity contribution in [3.63, 3.8) is 0 Å². The van der Waals surface area contributed by atoms with Gasteiger partial charge in [0.05, 0.1) is 27.4 Å². The van der Waals surface area contributed by atoms with Crippen molar-refractivity contribution >= 4 is 63.0 Å². The molecule has 7 rings (SSSR count). The second-order valence-electron chi connectivity index (χ2n) is 11.1. The number of fused-ring (bicyclic) bond motifs is 2. The van der Waals surface area contributed by atoms with Gasteiger partial charge in [-0.3, -0.25) is 0 Å². The van der Waals surface area contributed by atoms with Crippen molar-refractivity contribution in [2.75, 3.05) is 21.8 Å². The van der Waals surface area contributed by atoms with Crippen LogP contribution in [0.25, 0.3) is 20.8 Å². The van der Waals surface area contributed by atoms with Crippen LogP contribution in [0.5, 0.6) is 0 Å². The molecule has 0 saturated heterocycles. The first-order valence-electron chi connectivity index (χ1n) is 13.6. The monoisotopic (exact) mass is 591 g/mol. The summed E-state index contributed by atoms with van der Waals surface area (Å²) in [4.78, 5) is 7.17. The SMILES string of the molecule is Cc1ccc2nc(-c3ccc(NP4(=S)/C(=C5/N(C)c6ccccc6C5(C)C)C=NN4c4ccccc4)cc3)sc2c1. The Kier molecular flexibility index (Phi) is 6.16. The lowest BCUT2D eigenvalue weighted by Crippen LogP contribution is -2.26. The number of rotatable bonds is 4. The van der Waals surface area contributed by atoms with Gasteiger partial charge in [0.1, 0.15) is 5.01 Å². The Hall–Kier alpha value is -3.77. The van der Waals surface area contributed by atoms with E-state index in [2.05, 4.69) is 117 Å². The van der Waals surface area contributed by atoms with E-state index >= 15 is 0 Å². The highest BCUT2D eigenvalue weighted by Gasteiger charge is 2.46. The number of hydrazone groups is 1. The number of benzene rings is 4. The topological polar surface area (TPSA) is 43.8 Å². The average molecular weight is 592 g/mol. The molecule has 8 heteroatoms. The standard InChI is InChI=1S/C33H30N5PS2/c1-22-14-19-27-30(20-22)41-32(35-27)23-15-17-24(18-16-23)36-39(40)29(21-34-38(39)25-10-6-5-7-11-25)31-33(2,3)26-12-8-9-13-28(26)37(31)4/h5-21H,1-4H3,(H,36,40)/b31-29+. The zero-order valence-corrected chi connectivity index (χ0v) is 25.9. The van der Waals surface area contributed by atoms with Gasteiger partial charge in [0.2, 0.25) is 0 Å². The summed E-state index contributed by atoms with van der Waals surface area (Å²) in [7, 11) is 2.14. The van der Waals surface area contributed by atoms with Gasteiger partial charge in [-0.1, -0.05) is 56.3 Å². The summed E-state index contributed by atoms with van der Waals surface area (Å²) in [5, 5.41) is 10.8. The molecule has 1 N–H and O–H groups in total. The van der Waals surface area contributed by atoms with Crippen molar-refractivity contribution < 1.29 is 0 Å². The summed E-state index contributed by atoms with van der Waals surface area (Å²) in [6.07, 6.45) is -0.642. The number of nitrogens with one attached hydrogen (secondary N) is 1. The summed E-state index contributed by atoms with van der Waals surface area (Å²) in [5.41, 5.74) is 8.81. The summed E-state index contributed by atoms with van der Waals surface area (Å²) >= 11 is 8.39. The van der Waals surface area contributed by atoms with Crippen LogP contribution < -0.4 is 14.8 Å². The van der Waals surface area contributed by atoms with Crippen LogP contribution >= 0.6 is 17.7 Å². The number of aromatic nitrogens is 1. The van der Waals surface area contributed by atoms with Crippen molar-refractivity contribution in [3.05, 3.63) is 119 Å². The Morgan fingerprint density at radius 2 is 1.63 bits per heavy atom. The Bertz CT molecular complexity index is 1910. The Morgan fingerprint density at radius 3 is 2.39 bits per heavy atom. The van der Waals surface area contributed by atoms with E-state index in [0.717, 1.165) is 32.8 Å². The molecule has 41 heavy (non-hydrogen) atoms. The van der Waals surface area contributed by atoms with Gasteiger partial charge in [0.25, 0.3) is 0 Å². The Morgan fingerprint density at radius 1 is 0.902 bits per heavy atom. The smallest absolute Gasteiger partial charge is 0.174 e. The fourth-order valence-corrected chi connectivity index (χ4v) is 10.6. The number of para-hydroxylation sites is 2. The molecular weight excluding hydrogens is 562 g/mol. The highest BCUT2D eigenvalue weighted by molar-refractivity contribution is 8.18. The number of anilines is 3. The third kappa shape index (κ3) is 4.23. The molecule has 0 amide bonds. The fourth-order valence-electron chi connectivity index (χ4n) is 5.94. The van der Waals surface area contributed by atoms with E-state index in [9.17, 15) is 0 Å². The maximum absolute atomic E-state index is 6.66. The molecular formula is C33H30N5PS2. The minimum Gasteiger partial charge on any atom is -0.346 e. The normalized spacial score (nSPS) is 21.1. The van der Waals surface area contributed by atoms with E-state index in [1.165, 1.54) is 27.2 Å². The highest BCUT2D eigenvalue weighted by Crippen LogP contribution is 2.65. The number of hydrogen-bond acceptors (Lipinski definition) is 5. The van der Waals surface area contributed by atoms with Gasteiger partial charge in [-0.2, -0.15) is 5.10 Å². The zero-order chi connectivity index (χ0) is 28.4. The summed E-state index contributed by atoms with van der Waals surface area (Å²) in [5.74, 6) is 0. The molecule has 204 valence electrons. The molecule has 4 aromatic carbocycles. The van der Waals surface area contributed by atoms with Crippen LogP contribution in [0.3, 0.4) is 0 Å². The van der Waals surface area contributed by atoms with Crippen molar-refractivity contribution in [2.45, 2.75) is 26.2 Å². The molecule has 1 atom stereocenters. The minimum absolute atomic E-state index is 0.222. The van der Waals surface area contributed by atoms with Gasteiger partial charge >= 0.3 is 0 Å². The quantitative estimate of drug-likeness (QED) is 0.211. The van der Waals surface area contributed by atoms with Crippen LogP contribution in [0.1, 0.15) is 25.0 Å². The summed E-state index contributed by atoms with van der Waals surface area (Å²) in [6, 6.07) is 33.8. The van der Waals surface area contributed by atoms with Crippen LogP contribution in [0.15, 0.2) is 113 Å². The van der Waals surface area contributed by atoms with Crippen LogP contribution in [-0.2, 0) is 17.2 Å². The molecule has 0 fully saturated rings. The molecule has 0 radical (unpaired) electrons. The molecule has 5 aromatic rings. The molecule has 3 heterocycles. The first-order valence-corrected chi connectivity index (χ1v) is 17.2. The van der Waals surface area contributed by atoms with E-state index in [4.69, 9.17) is 21.9 Å². The largest absolute Gasteiger partial charge is 0.346 e. The van der Waals surface area contributed by atoms with Crippen molar-refractivity contribution in [2.24, 2.45) is 5.10 Å². The van der Waals surface area contributed by atoms with E-state index in [0.29, 0.717) is 0 Å².